The second-order valence-electron chi connectivity index (χ2n) is 4.38. The summed E-state index contributed by atoms with van der Waals surface area (Å²) in [5, 5.41) is 11.0. The number of amides is 1. The predicted molar refractivity (Wildman–Crippen MR) is 66.0 cm³/mol. The second-order valence-corrected chi connectivity index (χ2v) is 4.38. The standard InChI is InChI=1S/C12H21N3O2/c1-10(15-12(16)17)6-4-2-3-5-7-11-8-13-9-14-11/h8-10,15H,2-7H2,1H3,(H,13,14)(H,16,17). The second kappa shape index (κ2) is 7.70. The molecule has 0 radical (unpaired) electrons. The lowest BCUT2D eigenvalue weighted by atomic mass is 10.1. The zero-order valence-corrected chi connectivity index (χ0v) is 10.3. The van der Waals surface area contributed by atoms with Crippen molar-refractivity contribution in [3.63, 3.8) is 0 Å². The summed E-state index contributed by atoms with van der Waals surface area (Å²) in [5.41, 5.74) is 1.19. The van der Waals surface area contributed by atoms with Gasteiger partial charge in [-0.25, -0.2) is 9.78 Å². The number of aromatic nitrogens is 2. The van der Waals surface area contributed by atoms with Crippen LogP contribution in [0, 0.1) is 0 Å². The minimum absolute atomic E-state index is 0.0557. The number of hydrogen-bond donors (Lipinski definition) is 3. The van der Waals surface area contributed by atoms with Gasteiger partial charge in [0.25, 0.3) is 0 Å². The molecule has 1 rings (SSSR count). The number of carbonyl (C=O) groups is 1. The normalized spacial score (nSPS) is 12.3. The largest absolute Gasteiger partial charge is 0.465 e. The third-order valence-electron chi connectivity index (χ3n) is 2.76. The fraction of sp³-hybridized carbons (Fsp3) is 0.667. The molecule has 96 valence electrons. The molecule has 0 aliphatic rings. The molecule has 0 aromatic carbocycles. The van der Waals surface area contributed by atoms with Crippen molar-refractivity contribution < 1.29 is 9.90 Å². The third-order valence-corrected chi connectivity index (χ3v) is 2.76. The van der Waals surface area contributed by atoms with E-state index >= 15 is 0 Å². The minimum atomic E-state index is -0.934. The van der Waals surface area contributed by atoms with Gasteiger partial charge in [0.2, 0.25) is 0 Å². The van der Waals surface area contributed by atoms with Crippen LogP contribution in [0.1, 0.15) is 44.7 Å². The molecule has 5 heteroatoms. The maximum Gasteiger partial charge on any atom is 0.404 e. The lowest BCUT2D eigenvalue weighted by Crippen LogP contribution is -2.30. The van der Waals surface area contributed by atoms with Crippen LogP contribution < -0.4 is 5.32 Å². The molecular weight excluding hydrogens is 218 g/mol. The van der Waals surface area contributed by atoms with Gasteiger partial charge in [0.05, 0.1) is 6.33 Å². The molecule has 1 atom stereocenters. The van der Waals surface area contributed by atoms with Gasteiger partial charge in [0.15, 0.2) is 0 Å². The van der Waals surface area contributed by atoms with Gasteiger partial charge in [0.1, 0.15) is 0 Å². The number of aromatic amines is 1. The molecule has 1 amide bonds. The molecule has 0 saturated heterocycles. The van der Waals surface area contributed by atoms with Crippen LogP contribution in [0.2, 0.25) is 0 Å². The van der Waals surface area contributed by atoms with Crippen molar-refractivity contribution in [2.24, 2.45) is 0 Å². The van der Waals surface area contributed by atoms with Crippen molar-refractivity contribution >= 4 is 6.09 Å². The maximum atomic E-state index is 10.4. The van der Waals surface area contributed by atoms with E-state index in [0.29, 0.717) is 0 Å². The first kappa shape index (κ1) is 13.5. The molecule has 0 aliphatic carbocycles. The van der Waals surface area contributed by atoms with Gasteiger partial charge < -0.3 is 15.4 Å². The molecule has 17 heavy (non-hydrogen) atoms. The lowest BCUT2D eigenvalue weighted by molar-refractivity contribution is 0.190. The van der Waals surface area contributed by atoms with Crippen molar-refractivity contribution in [1.29, 1.82) is 0 Å². The van der Waals surface area contributed by atoms with Crippen LogP contribution in [0.15, 0.2) is 12.5 Å². The summed E-state index contributed by atoms with van der Waals surface area (Å²) in [4.78, 5) is 17.4. The summed E-state index contributed by atoms with van der Waals surface area (Å²) in [7, 11) is 0. The number of nitrogens with one attached hydrogen (secondary N) is 2. The Hall–Kier alpha value is -1.52. The van der Waals surface area contributed by atoms with Crippen LogP contribution in [0.5, 0.6) is 0 Å². The van der Waals surface area contributed by atoms with Crippen molar-refractivity contribution in [2.45, 2.75) is 51.5 Å². The number of imidazole rings is 1. The summed E-state index contributed by atoms with van der Waals surface area (Å²) < 4.78 is 0. The van der Waals surface area contributed by atoms with Gasteiger partial charge in [-0.1, -0.05) is 19.3 Å². The van der Waals surface area contributed by atoms with Crippen LogP contribution in [0.3, 0.4) is 0 Å². The number of nitrogens with zero attached hydrogens (tertiary/aromatic N) is 1. The van der Waals surface area contributed by atoms with Crippen LogP contribution in [-0.2, 0) is 6.42 Å². The van der Waals surface area contributed by atoms with E-state index < -0.39 is 6.09 Å². The quantitative estimate of drug-likeness (QED) is 0.610. The average molecular weight is 239 g/mol. The number of unbranched alkanes of at least 4 members (excludes halogenated alkanes) is 3. The highest BCUT2D eigenvalue weighted by Gasteiger charge is 2.04. The Balaban J connectivity index is 1.92. The van der Waals surface area contributed by atoms with Crippen molar-refractivity contribution in [3.8, 4) is 0 Å². The molecule has 1 heterocycles. The molecule has 1 aromatic rings. The molecule has 0 aliphatic heterocycles. The topological polar surface area (TPSA) is 78.0 Å². The van der Waals surface area contributed by atoms with Gasteiger partial charge in [-0.15, -0.1) is 0 Å². The third kappa shape index (κ3) is 6.60. The van der Waals surface area contributed by atoms with Crippen molar-refractivity contribution in [1.82, 2.24) is 15.3 Å². The highest BCUT2D eigenvalue weighted by Crippen LogP contribution is 2.08. The Bertz CT molecular complexity index is 312. The highest BCUT2D eigenvalue weighted by atomic mass is 16.4. The Kier molecular flexibility index (Phi) is 6.14. The van der Waals surface area contributed by atoms with E-state index in [1.54, 1.807) is 6.33 Å². The predicted octanol–water partition coefficient (Wildman–Crippen LogP) is 2.56. The zero-order chi connectivity index (χ0) is 12.5. The molecular formula is C12H21N3O2. The first-order valence-corrected chi connectivity index (χ1v) is 6.15. The van der Waals surface area contributed by atoms with E-state index in [1.165, 1.54) is 12.1 Å². The number of rotatable bonds is 8. The molecule has 5 nitrogen and oxygen atoms in total. The van der Waals surface area contributed by atoms with E-state index in [4.69, 9.17) is 5.11 Å². The Morgan fingerprint density at radius 1 is 1.47 bits per heavy atom. The van der Waals surface area contributed by atoms with Crippen LogP contribution in [-0.4, -0.2) is 27.2 Å². The molecule has 0 spiro atoms. The van der Waals surface area contributed by atoms with Gasteiger partial charge in [-0.2, -0.15) is 0 Å². The Morgan fingerprint density at radius 2 is 2.24 bits per heavy atom. The number of aryl methyl sites for hydroxylation is 1. The van der Waals surface area contributed by atoms with Crippen LogP contribution in [0.25, 0.3) is 0 Å². The zero-order valence-electron chi connectivity index (χ0n) is 10.3. The Morgan fingerprint density at radius 3 is 2.88 bits per heavy atom. The van der Waals surface area contributed by atoms with E-state index in [0.717, 1.165) is 32.1 Å². The van der Waals surface area contributed by atoms with Crippen molar-refractivity contribution in [2.75, 3.05) is 0 Å². The van der Waals surface area contributed by atoms with Gasteiger partial charge in [-0.3, -0.25) is 0 Å². The smallest absolute Gasteiger partial charge is 0.404 e. The molecule has 0 fully saturated rings. The first-order chi connectivity index (χ1) is 8.18. The van der Waals surface area contributed by atoms with Crippen molar-refractivity contribution in [3.05, 3.63) is 18.2 Å². The lowest BCUT2D eigenvalue weighted by Gasteiger charge is -2.10. The SMILES string of the molecule is CC(CCCCCCc1cnc[nH]1)NC(=O)O. The van der Waals surface area contributed by atoms with E-state index in [1.807, 2.05) is 13.1 Å². The summed E-state index contributed by atoms with van der Waals surface area (Å²) >= 11 is 0. The molecule has 0 bridgehead atoms. The molecule has 3 N–H and O–H groups in total. The van der Waals surface area contributed by atoms with Gasteiger partial charge in [0, 0.05) is 17.9 Å². The average Bonchev–Trinajstić information content (AvgIpc) is 2.75. The summed E-state index contributed by atoms with van der Waals surface area (Å²) in [5.74, 6) is 0. The Labute approximate surface area is 102 Å². The molecule has 1 unspecified atom stereocenters. The summed E-state index contributed by atoms with van der Waals surface area (Å²) in [6.07, 6.45) is 9.15. The summed E-state index contributed by atoms with van der Waals surface area (Å²) in [6, 6.07) is 0.0557. The monoisotopic (exact) mass is 239 g/mol. The van der Waals surface area contributed by atoms with E-state index in [-0.39, 0.29) is 6.04 Å². The van der Waals surface area contributed by atoms with Crippen LogP contribution in [0.4, 0.5) is 4.79 Å². The fourth-order valence-corrected chi connectivity index (χ4v) is 1.82. The summed E-state index contributed by atoms with van der Waals surface area (Å²) in [6.45, 7) is 1.90. The molecule has 0 saturated carbocycles. The highest BCUT2D eigenvalue weighted by molar-refractivity contribution is 5.64. The number of carboxylic acid groups (broad SMARTS) is 1. The first-order valence-electron chi connectivity index (χ1n) is 6.15. The minimum Gasteiger partial charge on any atom is -0.465 e. The maximum absolute atomic E-state index is 10.4. The number of hydrogen-bond acceptors (Lipinski definition) is 2. The van der Waals surface area contributed by atoms with E-state index in [9.17, 15) is 4.79 Å². The van der Waals surface area contributed by atoms with Crippen LogP contribution >= 0.6 is 0 Å². The number of H-pyrrole nitrogens is 1. The van der Waals surface area contributed by atoms with Gasteiger partial charge >= 0.3 is 6.09 Å². The fourth-order valence-electron chi connectivity index (χ4n) is 1.82. The molecule has 1 aromatic heterocycles. The van der Waals surface area contributed by atoms with Gasteiger partial charge in [-0.05, 0) is 26.2 Å². The van der Waals surface area contributed by atoms with E-state index in [2.05, 4.69) is 15.3 Å².